The molecular weight excluding hydrogens is 344 g/mol. The number of aromatic nitrogens is 3. The molecule has 0 atom stereocenters. The molecule has 1 aliphatic heterocycles. The van der Waals surface area contributed by atoms with E-state index in [1.807, 2.05) is 54.6 Å². The van der Waals surface area contributed by atoms with Crippen molar-refractivity contribution < 1.29 is 14.3 Å². The van der Waals surface area contributed by atoms with E-state index in [9.17, 15) is 4.79 Å². The van der Waals surface area contributed by atoms with Crippen molar-refractivity contribution >= 4 is 11.6 Å². The fourth-order valence-electron chi connectivity index (χ4n) is 2.90. The highest BCUT2D eigenvalue weighted by atomic mass is 16.7. The van der Waals surface area contributed by atoms with E-state index in [0.717, 1.165) is 17.7 Å². The Morgan fingerprint density at radius 1 is 1.07 bits per heavy atom. The summed E-state index contributed by atoms with van der Waals surface area (Å²) in [5.74, 6) is -0.308. The molecule has 1 amide bonds. The molecule has 27 heavy (non-hydrogen) atoms. The van der Waals surface area contributed by atoms with Gasteiger partial charge in [-0.15, -0.1) is 5.10 Å². The summed E-state index contributed by atoms with van der Waals surface area (Å²) in [6.07, 6.45) is 0.500. The third kappa shape index (κ3) is 3.89. The van der Waals surface area contributed by atoms with Crippen LogP contribution >= 0.6 is 0 Å². The maximum atomic E-state index is 12.7. The Hall–Kier alpha value is -3.03. The normalized spacial score (nSPS) is 14.9. The van der Waals surface area contributed by atoms with Gasteiger partial charge < -0.3 is 14.8 Å². The summed E-state index contributed by atoms with van der Waals surface area (Å²) >= 11 is 0. The minimum Gasteiger partial charge on any atom is -0.348 e. The van der Waals surface area contributed by atoms with E-state index in [4.69, 9.17) is 9.47 Å². The molecule has 1 N–H and O–H groups in total. The smallest absolute Gasteiger partial charge is 0.278 e. The monoisotopic (exact) mass is 364 g/mol. The van der Waals surface area contributed by atoms with Crippen molar-refractivity contribution in [3.63, 3.8) is 0 Å². The van der Waals surface area contributed by atoms with E-state index in [1.165, 1.54) is 4.80 Å². The van der Waals surface area contributed by atoms with Crippen LogP contribution < -0.4 is 5.32 Å². The first-order valence-electron chi connectivity index (χ1n) is 8.84. The van der Waals surface area contributed by atoms with Crippen LogP contribution in [-0.2, 0) is 9.47 Å². The van der Waals surface area contributed by atoms with Gasteiger partial charge in [0.1, 0.15) is 0 Å². The molecule has 7 nitrogen and oxygen atoms in total. The minimum atomic E-state index is -0.392. The maximum absolute atomic E-state index is 12.7. The Bertz CT molecular complexity index is 933. The molecule has 1 aromatic heterocycles. The summed E-state index contributed by atoms with van der Waals surface area (Å²) in [5.41, 5.74) is 3.18. The van der Waals surface area contributed by atoms with Crippen molar-refractivity contribution in [2.24, 2.45) is 0 Å². The highest BCUT2D eigenvalue weighted by Gasteiger charge is 2.19. The van der Waals surface area contributed by atoms with E-state index in [0.29, 0.717) is 24.6 Å². The number of hydrogen-bond acceptors (Lipinski definition) is 5. The first-order valence-corrected chi connectivity index (χ1v) is 8.84. The zero-order valence-corrected chi connectivity index (χ0v) is 15.0. The fourth-order valence-corrected chi connectivity index (χ4v) is 2.90. The number of benzene rings is 2. The van der Waals surface area contributed by atoms with E-state index in [1.54, 1.807) is 6.92 Å². The van der Waals surface area contributed by atoms with E-state index in [-0.39, 0.29) is 11.6 Å². The van der Waals surface area contributed by atoms with Crippen LogP contribution in [-0.4, -0.2) is 34.1 Å². The fraction of sp³-hybridized carbons (Fsp3) is 0.250. The number of hydrogen-bond donors (Lipinski definition) is 1. The second kappa shape index (κ2) is 7.69. The van der Waals surface area contributed by atoms with E-state index in [2.05, 4.69) is 15.5 Å². The Morgan fingerprint density at radius 2 is 1.85 bits per heavy atom. The van der Waals surface area contributed by atoms with Crippen LogP contribution in [0.15, 0.2) is 54.6 Å². The van der Waals surface area contributed by atoms with Crippen LogP contribution in [0.5, 0.6) is 0 Å². The van der Waals surface area contributed by atoms with Crippen molar-refractivity contribution in [1.29, 1.82) is 0 Å². The van der Waals surface area contributed by atoms with Gasteiger partial charge in [0.05, 0.1) is 24.6 Å². The van der Waals surface area contributed by atoms with Gasteiger partial charge in [0.25, 0.3) is 5.91 Å². The van der Waals surface area contributed by atoms with Crippen LogP contribution in [0, 0.1) is 6.92 Å². The van der Waals surface area contributed by atoms with Gasteiger partial charge in [-0.2, -0.15) is 9.90 Å². The number of carbonyl (C=O) groups is 1. The van der Waals surface area contributed by atoms with Gasteiger partial charge >= 0.3 is 0 Å². The van der Waals surface area contributed by atoms with Crippen molar-refractivity contribution in [3.05, 3.63) is 71.5 Å². The molecule has 0 radical (unpaired) electrons. The third-order valence-corrected chi connectivity index (χ3v) is 4.23. The van der Waals surface area contributed by atoms with E-state index < -0.39 is 6.29 Å². The quantitative estimate of drug-likeness (QED) is 0.769. The summed E-state index contributed by atoms with van der Waals surface area (Å²) in [5, 5.41) is 11.5. The number of aryl methyl sites for hydroxylation is 1. The van der Waals surface area contributed by atoms with Gasteiger partial charge in [-0.05, 0) is 37.6 Å². The van der Waals surface area contributed by atoms with Crippen molar-refractivity contribution in [2.75, 3.05) is 18.5 Å². The number of carbonyl (C=O) groups excluding carboxylic acids is 1. The van der Waals surface area contributed by atoms with Gasteiger partial charge in [-0.3, -0.25) is 4.79 Å². The molecule has 0 bridgehead atoms. The van der Waals surface area contributed by atoms with Gasteiger partial charge in [0.2, 0.25) is 0 Å². The molecule has 1 saturated heterocycles. The summed E-state index contributed by atoms with van der Waals surface area (Å²) in [6, 6.07) is 16.9. The summed E-state index contributed by atoms with van der Waals surface area (Å²) in [4.78, 5) is 14.1. The number of nitrogens with zero attached hydrogens (tertiary/aromatic N) is 3. The lowest BCUT2D eigenvalue weighted by Crippen LogP contribution is -2.18. The van der Waals surface area contributed by atoms with Crippen LogP contribution in [0.3, 0.4) is 0 Å². The molecule has 1 fully saturated rings. The van der Waals surface area contributed by atoms with Crippen molar-refractivity contribution in [2.45, 2.75) is 19.6 Å². The summed E-state index contributed by atoms with van der Waals surface area (Å²) in [6.45, 7) is 3.10. The molecule has 138 valence electrons. The summed E-state index contributed by atoms with van der Waals surface area (Å²) < 4.78 is 11.2. The number of rotatable bonds is 4. The molecule has 2 heterocycles. The van der Waals surface area contributed by atoms with Gasteiger partial charge in [0.15, 0.2) is 12.0 Å². The molecule has 0 unspecified atom stereocenters. The second-order valence-corrected chi connectivity index (χ2v) is 6.27. The SMILES string of the molecule is Cc1nn(-c2ccccc2)nc1C(=O)Nc1cccc(C2OCCCO2)c1. The highest BCUT2D eigenvalue weighted by Crippen LogP contribution is 2.25. The van der Waals surface area contributed by atoms with Gasteiger partial charge in [0, 0.05) is 11.3 Å². The maximum Gasteiger partial charge on any atom is 0.278 e. The number of amides is 1. The standard InChI is InChI=1S/C20H20N4O3/c1-14-18(23-24(22-14)17-9-3-2-4-10-17)19(25)21-16-8-5-7-15(13-16)20-26-11-6-12-27-20/h2-5,7-10,13,20H,6,11-12H2,1H3,(H,21,25). The topological polar surface area (TPSA) is 78.3 Å². The lowest BCUT2D eigenvalue weighted by atomic mass is 10.2. The molecule has 3 aromatic rings. The van der Waals surface area contributed by atoms with Gasteiger partial charge in [-0.1, -0.05) is 30.3 Å². The van der Waals surface area contributed by atoms with Crippen molar-refractivity contribution in [1.82, 2.24) is 15.0 Å². The predicted octanol–water partition coefficient (Wildman–Crippen LogP) is 3.26. The number of ether oxygens (including phenoxy) is 2. The first-order chi connectivity index (χ1) is 13.2. The molecule has 4 rings (SSSR count). The van der Waals surface area contributed by atoms with Crippen LogP contribution in [0.4, 0.5) is 5.69 Å². The zero-order chi connectivity index (χ0) is 18.6. The lowest BCUT2D eigenvalue weighted by molar-refractivity contribution is -0.183. The molecule has 2 aromatic carbocycles. The minimum absolute atomic E-state index is 0.287. The molecule has 0 saturated carbocycles. The first kappa shape index (κ1) is 17.4. The Kier molecular flexibility index (Phi) is 4.95. The van der Waals surface area contributed by atoms with E-state index >= 15 is 0 Å². The third-order valence-electron chi connectivity index (χ3n) is 4.23. The molecule has 1 aliphatic rings. The largest absolute Gasteiger partial charge is 0.348 e. The average molecular weight is 364 g/mol. The predicted molar refractivity (Wildman–Crippen MR) is 99.8 cm³/mol. The van der Waals surface area contributed by atoms with Crippen LogP contribution in [0.1, 0.15) is 34.5 Å². The Morgan fingerprint density at radius 3 is 2.63 bits per heavy atom. The average Bonchev–Trinajstić information content (AvgIpc) is 3.11. The molecular formula is C20H20N4O3. The highest BCUT2D eigenvalue weighted by molar-refractivity contribution is 6.03. The Balaban J connectivity index is 1.52. The zero-order valence-electron chi connectivity index (χ0n) is 15.0. The number of para-hydroxylation sites is 1. The second-order valence-electron chi connectivity index (χ2n) is 6.27. The molecule has 0 aliphatic carbocycles. The molecule has 7 heteroatoms. The van der Waals surface area contributed by atoms with Gasteiger partial charge in [-0.25, -0.2) is 0 Å². The van der Waals surface area contributed by atoms with Crippen LogP contribution in [0.2, 0.25) is 0 Å². The van der Waals surface area contributed by atoms with Crippen LogP contribution in [0.25, 0.3) is 5.69 Å². The summed E-state index contributed by atoms with van der Waals surface area (Å²) in [7, 11) is 0. The number of nitrogens with one attached hydrogen (secondary N) is 1. The lowest BCUT2D eigenvalue weighted by Gasteiger charge is -2.23. The number of anilines is 1. The molecule has 0 spiro atoms. The van der Waals surface area contributed by atoms with Crippen molar-refractivity contribution in [3.8, 4) is 5.69 Å². The Labute approximate surface area is 156 Å².